The smallest absolute Gasteiger partial charge is 0.354 e. The van der Waals surface area contributed by atoms with Crippen LogP contribution >= 0.6 is 0 Å². The number of carbonyl (C=O) groups is 1. The molecule has 0 saturated carbocycles. The molecule has 0 radical (unpaired) electrons. The Morgan fingerprint density at radius 2 is 2.05 bits per heavy atom. The first-order valence-corrected chi connectivity index (χ1v) is 5.40. The van der Waals surface area contributed by atoms with Crippen molar-refractivity contribution in [1.82, 2.24) is 4.57 Å². The van der Waals surface area contributed by atoms with Crippen molar-refractivity contribution in [3.8, 4) is 5.75 Å². The molecule has 0 N–H and O–H groups in total. The molecular formula is C12H12N2O5. The Morgan fingerprint density at radius 1 is 1.37 bits per heavy atom. The lowest BCUT2D eigenvalue weighted by molar-refractivity contribution is -0.383. The number of carbonyl (C=O) groups excluding carboxylic acids is 1. The van der Waals surface area contributed by atoms with Crippen LogP contribution in [0.3, 0.4) is 0 Å². The number of aromatic nitrogens is 1. The molecule has 2 rings (SSSR count). The molecule has 1 aromatic carbocycles. The van der Waals surface area contributed by atoms with E-state index < -0.39 is 10.9 Å². The molecule has 0 spiro atoms. The van der Waals surface area contributed by atoms with Gasteiger partial charge in [0.2, 0.25) is 0 Å². The Bertz CT molecular complexity index is 674. The Labute approximate surface area is 108 Å². The fourth-order valence-corrected chi connectivity index (χ4v) is 2.03. The number of nitrogens with zero attached hydrogens (tertiary/aromatic N) is 2. The van der Waals surface area contributed by atoms with E-state index in [-0.39, 0.29) is 17.1 Å². The number of aryl methyl sites for hydroxylation is 1. The van der Waals surface area contributed by atoms with Gasteiger partial charge < -0.3 is 14.0 Å². The van der Waals surface area contributed by atoms with E-state index in [0.29, 0.717) is 10.9 Å². The quantitative estimate of drug-likeness (QED) is 0.480. The van der Waals surface area contributed by atoms with Gasteiger partial charge in [-0.2, -0.15) is 0 Å². The van der Waals surface area contributed by atoms with Gasteiger partial charge in [0.05, 0.1) is 30.0 Å². The second kappa shape index (κ2) is 4.60. The molecular weight excluding hydrogens is 252 g/mol. The summed E-state index contributed by atoms with van der Waals surface area (Å²) in [5.74, 6) is -0.397. The molecule has 0 aliphatic rings. The topological polar surface area (TPSA) is 83.6 Å². The number of nitro benzene ring substituents is 1. The number of fused-ring (bicyclic) bond motifs is 1. The van der Waals surface area contributed by atoms with E-state index in [9.17, 15) is 14.9 Å². The van der Waals surface area contributed by atoms with E-state index in [4.69, 9.17) is 4.74 Å². The predicted molar refractivity (Wildman–Crippen MR) is 67.5 cm³/mol. The summed E-state index contributed by atoms with van der Waals surface area (Å²) in [6, 6.07) is 4.59. The van der Waals surface area contributed by atoms with Crippen LogP contribution in [0.5, 0.6) is 5.75 Å². The zero-order valence-corrected chi connectivity index (χ0v) is 10.7. The average Bonchev–Trinajstić information content (AvgIpc) is 2.73. The third-order valence-electron chi connectivity index (χ3n) is 2.96. The summed E-state index contributed by atoms with van der Waals surface area (Å²) in [6.45, 7) is 0. The maximum Gasteiger partial charge on any atom is 0.354 e. The number of ether oxygens (including phenoxy) is 2. The van der Waals surface area contributed by atoms with Gasteiger partial charge in [0.1, 0.15) is 5.69 Å². The normalized spacial score (nSPS) is 10.5. The molecule has 7 heteroatoms. The van der Waals surface area contributed by atoms with Crippen LogP contribution in [0.2, 0.25) is 0 Å². The molecule has 7 nitrogen and oxygen atoms in total. The summed E-state index contributed by atoms with van der Waals surface area (Å²) < 4.78 is 11.2. The monoisotopic (exact) mass is 264 g/mol. The number of hydrogen-bond donors (Lipinski definition) is 0. The number of esters is 1. The number of benzene rings is 1. The maximum absolute atomic E-state index is 11.6. The van der Waals surface area contributed by atoms with Crippen molar-refractivity contribution in [2.24, 2.45) is 7.05 Å². The fourth-order valence-electron chi connectivity index (χ4n) is 2.03. The van der Waals surface area contributed by atoms with Crippen LogP contribution in [0.1, 0.15) is 10.5 Å². The molecule has 0 aliphatic carbocycles. The van der Waals surface area contributed by atoms with E-state index in [0.717, 1.165) is 0 Å². The number of methoxy groups -OCH3 is 2. The Hall–Kier alpha value is -2.57. The first kappa shape index (κ1) is 12.9. The molecule has 19 heavy (non-hydrogen) atoms. The Balaban J connectivity index is 2.83. The number of nitro groups is 1. The lowest BCUT2D eigenvalue weighted by Gasteiger charge is -2.03. The lowest BCUT2D eigenvalue weighted by Crippen LogP contribution is -2.06. The van der Waals surface area contributed by atoms with Gasteiger partial charge in [-0.1, -0.05) is 0 Å². The molecule has 0 bridgehead atoms. The standard InChI is InChI=1S/C12H12N2O5/c1-13-8-4-5-10(18-2)11(14(16)17)7(8)6-9(13)12(15)19-3/h4-6H,1-3H3. The molecule has 2 aromatic rings. The first-order valence-electron chi connectivity index (χ1n) is 5.40. The summed E-state index contributed by atoms with van der Waals surface area (Å²) in [6.07, 6.45) is 0. The van der Waals surface area contributed by atoms with Gasteiger partial charge in [0, 0.05) is 7.05 Å². The molecule has 0 unspecified atom stereocenters. The molecule has 0 aliphatic heterocycles. The molecule has 100 valence electrons. The molecule has 0 saturated heterocycles. The van der Waals surface area contributed by atoms with Crippen molar-refractivity contribution in [3.05, 3.63) is 34.0 Å². The summed E-state index contributed by atoms with van der Waals surface area (Å²) in [4.78, 5) is 22.2. The second-order valence-corrected chi connectivity index (χ2v) is 3.89. The van der Waals surface area contributed by atoms with Gasteiger partial charge in [-0.15, -0.1) is 0 Å². The highest BCUT2D eigenvalue weighted by Crippen LogP contribution is 2.36. The minimum Gasteiger partial charge on any atom is -0.490 e. The molecule has 1 aromatic heterocycles. The van der Waals surface area contributed by atoms with Crippen molar-refractivity contribution in [1.29, 1.82) is 0 Å². The first-order chi connectivity index (χ1) is 9.01. The van der Waals surface area contributed by atoms with Gasteiger partial charge in [0.15, 0.2) is 5.75 Å². The average molecular weight is 264 g/mol. The van der Waals surface area contributed by atoms with E-state index in [1.807, 2.05) is 0 Å². The zero-order valence-electron chi connectivity index (χ0n) is 10.7. The third kappa shape index (κ3) is 1.88. The minimum absolute atomic E-state index is 0.152. The van der Waals surface area contributed by atoms with Crippen LogP contribution in [0.4, 0.5) is 5.69 Å². The SMILES string of the molecule is COC(=O)c1cc2c([N+](=O)[O-])c(OC)ccc2n1C. The van der Waals surface area contributed by atoms with Gasteiger partial charge in [0.25, 0.3) is 0 Å². The van der Waals surface area contributed by atoms with Crippen LogP contribution in [-0.4, -0.2) is 29.7 Å². The molecule has 1 heterocycles. The van der Waals surface area contributed by atoms with E-state index in [1.54, 1.807) is 17.7 Å². The maximum atomic E-state index is 11.6. The predicted octanol–water partition coefficient (Wildman–Crippen LogP) is 1.88. The summed E-state index contributed by atoms with van der Waals surface area (Å²) in [5, 5.41) is 11.5. The van der Waals surface area contributed by atoms with Crippen LogP contribution in [-0.2, 0) is 11.8 Å². The van der Waals surface area contributed by atoms with Crippen LogP contribution in [0.15, 0.2) is 18.2 Å². The van der Waals surface area contributed by atoms with Crippen molar-refractivity contribution in [3.63, 3.8) is 0 Å². The van der Waals surface area contributed by atoms with Crippen LogP contribution < -0.4 is 4.74 Å². The number of hydrogen-bond acceptors (Lipinski definition) is 5. The Morgan fingerprint density at radius 3 is 2.58 bits per heavy atom. The highest BCUT2D eigenvalue weighted by atomic mass is 16.6. The molecule has 0 fully saturated rings. The van der Waals surface area contributed by atoms with E-state index in [2.05, 4.69) is 4.74 Å². The lowest BCUT2D eigenvalue weighted by atomic mass is 10.2. The van der Waals surface area contributed by atoms with Crippen molar-refractivity contribution in [2.75, 3.05) is 14.2 Å². The van der Waals surface area contributed by atoms with Crippen LogP contribution in [0, 0.1) is 10.1 Å². The molecule has 0 atom stereocenters. The highest BCUT2D eigenvalue weighted by molar-refractivity contribution is 6.00. The van der Waals surface area contributed by atoms with Gasteiger partial charge in [-0.3, -0.25) is 10.1 Å². The van der Waals surface area contributed by atoms with E-state index >= 15 is 0 Å². The summed E-state index contributed by atoms with van der Waals surface area (Å²) >= 11 is 0. The number of rotatable bonds is 3. The third-order valence-corrected chi connectivity index (χ3v) is 2.96. The largest absolute Gasteiger partial charge is 0.490 e. The van der Waals surface area contributed by atoms with Crippen LogP contribution in [0.25, 0.3) is 10.9 Å². The van der Waals surface area contributed by atoms with Crippen molar-refractivity contribution in [2.45, 2.75) is 0 Å². The highest BCUT2D eigenvalue weighted by Gasteiger charge is 2.24. The zero-order chi connectivity index (χ0) is 14.2. The van der Waals surface area contributed by atoms with Gasteiger partial charge >= 0.3 is 11.7 Å². The minimum atomic E-state index is -0.549. The summed E-state index contributed by atoms with van der Waals surface area (Å²) in [5.41, 5.74) is 0.646. The van der Waals surface area contributed by atoms with Gasteiger partial charge in [-0.05, 0) is 18.2 Å². The van der Waals surface area contributed by atoms with Crippen molar-refractivity contribution >= 4 is 22.6 Å². The summed E-state index contributed by atoms with van der Waals surface area (Å²) in [7, 11) is 4.26. The van der Waals surface area contributed by atoms with Crippen molar-refractivity contribution < 1.29 is 19.2 Å². The van der Waals surface area contributed by atoms with Gasteiger partial charge in [-0.25, -0.2) is 4.79 Å². The second-order valence-electron chi connectivity index (χ2n) is 3.89. The fraction of sp³-hybridized carbons (Fsp3) is 0.250. The Kier molecular flexibility index (Phi) is 3.12. The molecule has 0 amide bonds. The van der Waals surface area contributed by atoms with E-state index in [1.165, 1.54) is 26.4 Å².